The zero-order valence-corrected chi connectivity index (χ0v) is 11.7. The second-order valence-electron chi connectivity index (χ2n) is 5.27. The molecule has 2 heteroatoms. The highest BCUT2D eigenvalue weighted by molar-refractivity contribution is 6.30. The highest BCUT2D eigenvalue weighted by Gasteiger charge is 2.24. The Hall–Kier alpha value is -2.35. The number of amides is 1. The molecule has 0 saturated carbocycles. The fraction of sp³-hybridized carbons (Fsp3) is 0.167. The Kier molecular flexibility index (Phi) is 3.15. The lowest BCUT2D eigenvalue weighted by molar-refractivity contribution is -0.114. The first-order valence-electron chi connectivity index (χ1n) is 6.80. The van der Waals surface area contributed by atoms with Crippen LogP contribution in [0.3, 0.4) is 0 Å². The molecule has 100 valence electrons. The van der Waals surface area contributed by atoms with Crippen molar-refractivity contribution in [2.24, 2.45) is 0 Å². The quantitative estimate of drug-likeness (QED) is 0.884. The van der Waals surface area contributed by atoms with Crippen LogP contribution in [0.1, 0.15) is 22.3 Å². The fourth-order valence-corrected chi connectivity index (χ4v) is 2.51. The number of carbonyl (C=O) groups excluding carboxylic acids is 1. The molecule has 0 aliphatic carbocycles. The summed E-state index contributed by atoms with van der Waals surface area (Å²) in [5.74, 6) is 0.0180. The van der Waals surface area contributed by atoms with Crippen LogP contribution in [0.15, 0.2) is 48.5 Å². The molecular formula is C18H17NO. The van der Waals surface area contributed by atoms with E-state index >= 15 is 0 Å². The number of rotatable bonds is 2. The van der Waals surface area contributed by atoms with Crippen LogP contribution in [-0.2, 0) is 4.79 Å². The van der Waals surface area contributed by atoms with Gasteiger partial charge in [-0.25, -0.2) is 0 Å². The van der Waals surface area contributed by atoms with Crippen LogP contribution in [-0.4, -0.2) is 12.5 Å². The summed E-state index contributed by atoms with van der Waals surface area (Å²) in [6.45, 7) is 4.72. The Labute approximate surface area is 119 Å². The predicted molar refractivity (Wildman–Crippen MR) is 82.2 cm³/mol. The van der Waals surface area contributed by atoms with E-state index in [1.165, 1.54) is 11.1 Å². The van der Waals surface area contributed by atoms with Gasteiger partial charge in [0.05, 0.1) is 5.57 Å². The van der Waals surface area contributed by atoms with Crippen molar-refractivity contribution in [1.82, 2.24) is 5.32 Å². The van der Waals surface area contributed by atoms with E-state index in [0.29, 0.717) is 6.54 Å². The molecule has 1 N–H and O–H groups in total. The second-order valence-corrected chi connectivity index (χ2v) is 5.27. The molecule has 0 spiro atoms. The molecule has 0 atom stereocenters. The smallest absolute Gasteiger partial charge is 0.252 e. The van der Waals surface area contributed by atoms with Crippen LogP contribution in [0.4, 0.5) is 0 Å². The average molecular weight is 263 g/mol. The first kappa shape index (κ1) is 12.7. The Bertz CT molecular complexity index is 678. The molecule has 0 aromatic heterocycles. The maximum absolute atomic E-state index is 12.1. The summed E-state index contributed by atoms with van der Waals surface area (Å²) in [5.41, 5.74) is 6.41. The lowest BCUT2D eigenvalue weighted by Gasteiger charge is -2.06. The van der Waals surface area contributed by atoms with Crippen molar-refractivity contribution in [3.63, 3.8) is 0 Å². The zero-order chi connectivity index (χ0) is 14.1. The highest BCUT2D eigenvalue weighted by Crippen LogP contribution is 2.30. The van der Waals surface area contributed by atoms with Gasteiger partial charge in [-0.3, -0.25) is 4.79 Å². The standard InChI is InChI=1S/C18H17NO/c1-12-3-7-14(8-4-12)16-11-19-18(20)17(16)15-9-5-13(2)6-10-15/h3-10H,11H2,1-2H3,(H,19,20). The number of hydrogen-bond acceptors (Lipinski definition) is 1. The summed E-state index contributed by atoms with van der Waals surface area (Å²) < 4.78 is 0. The number of hydrogen-bond donors (Lipinski definition) is 1. The van der Waals surface area contributed by atoms with Gasteiger partial charge < -0.3 is 5.32 Å². The van der Waals surface area contributed by atoms with E-state index in [1.807, 2.05) is 31.2 Å². The first-order valence-corrected chi connectivity index (χ1v) is 6.80. The molecule has 1 amide bonds. The molecule has 2 aromatic rings. The normalized spacial score (nSPS) is 14.6. The molecule has 20 heavy (non-hydrogen) atoms. The number of carbonyl (C=O) groups is 1. The van der Waals surface area contributed by atoms with E-state index in [0.717, 1.165) is 22.3 Å². The molecule has 0 radical (unpaired) electrons. The largest absolute Gasteiger partial charge is 0.348 e. The Balaban J connectivity index is 2.12. The molecule has 1 aliphatic rings. The van der Waals surface area contributed by atoms with Crippen molar-refractivity contribution >= 4 is 17.1 Å². The van der Waals surface area contributed by atoms with Crippen LogP contribution in [0.2, 0.25) is 0 Å². The molecule has 3 rings (SSSR count). The van der Waals surface area contributed by atoms with Gasteiger partial charge in [0.1, 0.15) is 0 Å². The van der Waals surface area contributed by atoms with Crippen molar-refractivity contribution in [2.45, 2.75) is 13.8 Å². The molecule has 2 nitrogen and oxygen atoms in total. The van der Waals surface area contributed by atoms with Crippen LogP contribution in [0.25, 0.3) is 11.1 Å². The van der Waals surface area contributed by atoms with Crippen molar-refractivity contribution in [3.8, 4) is 0 Å². The number of benzene rings is 2. The van der Waals surface area contributed by atoms with Gasteiger partial charge in [-0.05, 0) is 30.5 Å². The number of nitrogens with one attached hydrogen (secondary N) is 1. The monoisotopic (exact) mass is 263 g/mol. The van der Waals surface area contributed by atoms with E-state index in [2.05, 4.69) is 36.5 Å². The maximum atomic E-state index is 12.1. The second kappa shape index (κ2) is 4.97. The number of aryl methyl sites for hydroxylation is 2. The summed E-state index contributed by atoms with van der Waals surface area (Å²) in [4.78, 5) is 12.1. The maximum Gasteiger partial charge on any atom is 0.252 e. The molecule has 0 saturated heterocycles. The van der Waals surface area contributed by atoms with Gasteiger partial charge in [-0.1, -0.05) is 59.7 Å². The lowest BCUT2D eigenvalue weighted by Crippen LogP contribution is -2.16. The minimum atomic E-state index is 0.0180. The van der Waals surface area contributed by atoms with E-state index < -0.39 is 0 Å². The topological polar surface area (TPSA) is 29.1 Å². The summed E-state index contributed by atoms with van der Waals surface area (Å²) in [7, 11) is 0. The Morgan fingerprint density at radius 1 is 0.800 bits per heavy atom. The van der Waals surface area contributed by atoms with Crippen LogP contribution < -0.4 is 5.32 Å². The molecule has 0 bridgehead atoms. The van der Waals surface area contributed by atoms with Gasteiger partial charge in [-0.2, -0.15) is 0 Å². The van der Waals surface area contributed by atoms with E-state index in [4.69, 9.17) is 0 Å². The minimum absolute atomic E-state index is 0.0180. The average Bonchev–Trinajstić information content (AvgIpc) is 2.83. The molecule has 2 aromatic carbocycles. The fourth-order valence-electron chi connectivity index (χ4n) is 2.51. The van der Waals surface area contributed by atoms with Crippen LogP contribution >= 0.6 is 0 Å². The van der Waals surface area contributed by atoms with E-state index in [-0.39, 0.29) is 5.91 Å². The van der Waals surface area contributed by atoms with Gasteiger partial charge in [0.25, 0.3) is 5.91 Å². The summed E-state index contributed by atoms with van der Waals surface area (Å²) >= 11 is 0. The van der Waals surface area contributed by atoms with E-state index in [1.54, 1.807) is 0 Å². The van der Waals surface area contributed by atoms with Gasteiger partial charge in [0.15, 0.2) is 0 Å². The third kappa shape index (κ3) is 2.25. The van der Waals surface area contributed by atoms with Gasteiger partial charge in [-0.15, -0.1) is 0 Å². The lowest BCUT2D eigenvalue weighted by atomic mass is 9.96. The van der Waals surface area contributed by atoms with Crippen molar-refractivity contribution in [2.75, 3.05) is 6.54 Å². The molecule has 0 fully saturated rings. The summed E-state index contributed by atoms with van der Waals surface area (Å²) in [6.07, 6.45) is 0. The van der Waals surface area contributed by atoms with Crippen molar-refractivity contribution in [1.29, 1.82) is 0 Å². The zero-order valence-electron chi connectivity index (χ0n) is 11.7. The third-order valence-electron chi connectivity index (χ3n) is 3.69. The van der Waals surface area contributed by atoms with Gasteiger partial charge >= 0.3 is 0 Å². The molecular weight excluding hydrogens is 246 g/mol. The summed E-state index contributed by atoms with van der Waals surface area (Å²) in [6, 6.07) is 16.4. The molecule has 0 unspecified atom stereocenters. The third-order valence-corrected chi connectivity index (χ3v) is 3.69. The Morgan fingerprint density at radius 2 is 1.30 bits per heavy atom. The van der Waals surface area contributed by atoms with Gasteiger partial charge in [0, 0.05) is 6.54 Å². The summed E-state index contributed by atoms with van der Waals surface area (Å²) in [5, 5.41) is 2.93. The first-order chi connectivity index (χ1) is 9.65. The van der Waals surface area contributed by atoms with Gasteiger partial charge in [0.2, 0.25) is 0 Å². The SMILES string of the molecule is Cc1ccc(C2=C(c3ccc(C)cc3)C(=O)NC2)cc1. The van der Waals surface area contributed by atoms with Crippen LogP contribution in [0, 0.1) is 13.8 Å². The minimum Gasteiger partial charge on any atom is -0.348 e. The predicted octanol–water partition coefficient (Wildman–Crippen LogP) is 3.34. The van der Waals surface area contributed by atoms with Crippen LogP contribution in [0.5, 0.6) is 0 Å². The van der Waals surface area contributed by atoms with Crippen molar-refractivity contribution < 1.29 is 4.79 Å². The highest BCUT2D eigenvalue weighted by atomic mass is 16.1. The van der Waals surface area contributed by atoms with Crippen molar-refractivity contribution in [3.05, 3.63) is 70.8 Å². The molecule has 1 heterocycles. The Morgan fingerprint density at radius 3 is 1.85 bits per heavy atom. The molecule has 1 aliphatic heterocycles. The van der Waals surface area contributed by atoms with E-state index in [9.17, 15) is 4.79 Å².